The van der Waals surface area contributed by atoms with Crippen molar-refractivity contribution >= 4 is 11.8 Å². The van der Waals surface area contributed by atoms with Crippen molar-refractivity contribution in [3.63, 3.8) is 0 Å². The maximum atomic E-state index is 12.6. The molecule has 32 heavy (non-hydrogen) atoms. The summed E-state index contributed by atoms with van der Waals surface area (Å²) in [4.78, 5) is 23.8. The molecule has 1 saturated heterocycles. The monoisotopic (exact) mass is 448 g/mol. The molecule has 0 aromatic heterocycles. The first-order chi connectivity index (χ1) is 15.2. The third-order valence-corrected chi connectivity index (χ3v) is 5.30. The number of carbonyl (C=O) groups excluding carboxylic acids is 1. The van der Waals surface area contributed by atoms with Gasteiger partial charge in [0.1, 0.15) is 53.0 Å². The maximum absolute atomic E-state index is 12.6. The zero-order valence-corrected chi connectivity index (χ0v) is 16.4. The van der Waals surface area contributed by atoms with Gasteiger partial charge in [0, 0.05) is 12.1 Å². The van der Waals surface area contributed by atoms with Gasteiger partial charge in [-0.3, -0.25) is 4.79 Å². The summed E-state index contributed by atoms with van der Waals surface area (Å²) in [5, 5.41) is 58.7. The standard InChI is InChI=1S/C21H20O11/c22-9-3-1-8(2-4-9)13-7-12(24)15-11(23)5-10(6-14(15)31-13)30-21-18(27)16(25)17(26)19(32-21)20(28)29/h1-6,13,16-19,21-23,25-27H,7H2,(H,28,29)/t13-,16-,17-,18+,19-,21+/m1/s1. The molecule has 1 fully saturated rings. The van der Waals surface area contributed by atoms with Gasteiger partial charge in [-0.2, -0.15) is 0 Å². The molecule has 6 atom stereocenters. The van der Waals surface area contributed by atoms with Crippen LogP contribution in [0.5, 0.6) is 23.0 Å². The fraction of sp³-hybridized carbons (Fsp3) is 0.333. The van der Waals surface area contributed by atoms with E-state index in [2.05, 4.69) is 0 Å². The quantitative estimate of drug-likeness (QED) is 0.372. The second-order valence-corrected chi connectivity index (χ2v) is 7.49. The molecule has 0 bridgehead atoms. The summed E-state index contributed by atoms with van der Waals surface area (Å²) in [6.07, 6.45) is -9.86. The molecule has 0 aliphatic carbocycles. The number of carbonyl (C=O) groups is 2. The van der Waals surface area contributed by atoms with Crippen LogP contribution in [-0.2, 0) is 9.53 Å². The number of aliphatic hydroxyl groups is 3. The number of hydrogen-bond acceptors (Lipinski definition) is 10. The summed E-state index contributed by atoms with van der Waals surface area (Å²) in [6, 6.07) is 8.37. The molecule has 11 heteroatoms. The molecule has 2 aliphatic heterocycles. The number of hydrogen-bond donors (Lipinski definition) is 6. The first-order valence-corrected chi connectivity index (χ1v) is 9.60. The molecule has 0 radical (unpaired) electrons. The van der Waals surface area contributed by atoms with Crippen molar-refractivity contribution in [1.29, 1.82) is 0 Å². The number of fused-ring (bicyclic) bond motifs is 1. The number of ketones is 1. The van der Waals surface area contributed by atoms with E-state index in [4.69, 9.17) is 19.3 Å². The van der Waals surface area contributed by atoms with Gasteiger partial charge in [-0.25, -0.2) is 4.79 Å². The van der Waals surface area contributed by atoms with E-state index >= 15 is 0 Å². The average Bonchev–Trinajstić information content (AvgIpc) is 2.73. The lowest BCUT2D eigenvalue weighted by Gasteiger charge is -2.38. The van der Waals surface area contributed by atoms with Gasteiger partial charge in [0.05, 0.1) is 6.42 Å². The summed E-state index contributed by atoms with van der Waals surface area (Å²) in [6.45, 7) is 0. The van der Waals surface area contributed by atoms with E-state index in [1.165, 1.54) is 18.2 Å². The molecule has 11 nitrogen and oxygen atoms in total. The molecule has 2 aromatic carbocycles. The van der Waals surface area contributed by atoms with Crippen LogP contribution in [0.3, 0.4) is 0 Å². The van der Waals surface area contributed by atoms with Crippen molar-refractivity contribution in [1.82, 2.24) is 0 Å². The van der Waals surface area contributed by atoms with Gasteiger partial charge in [0.25, 0.3) is 0 Å². The third-order valence-electron chi connectivity index (χ3n) is 5.30. The molecule has 2 aromatic rings. The number of benzene rings is 2. The SMILES string of the molecule is O=C1C[C@H](c2ccc(O)cc2)Oc2cc(O[C@H]3O[C@@H](C(=O)O)[C@H](O)[C@@H](O)[C@@H]3O)cc(O)c21. The Balaban J connectivity index is 1.60. The highest BCUT2D eigenvalue weighted by molar-refractivity contribution is 6.02. The largest absolute Gasteiger partial charge is 0.508 e. The lowest BCUT2D eigenvalue weighted by molar-refractivity contribution is -0.271. The minimum absolute atomic E-state index is 0.0185. The fourth-order valence-corrected chi connectivity index (χ4v) is 3.64. The highest BCUT2D eigenvalue weighted by atomic mass is 16.7. The lowest BCUT2D eigenvalue weighted by Crippen LogP contribution is -2.61. The van der Waals surface area contributed by atoms with E-state index in [1.807, 2.05) is 0 Å². The van der Waals surface area contributed by atoms with Gasteiger partial charge in [-0.15, -0.1) is 0 Å². The van der Waals surface area contributed by atoms with Crippen LogP contribution in [0, 0.1) is 0 Å². The van der Waals surface area contributed by atoms with Crippen molar-refractivity contribution in [3.8, 4) is 23.0 Å². The fourth-order valence-electron chi connectivity index (χ4n) is 3.64. The zero-order chi connectivity index (χ0) is 23.2. The Morgan fingerprint density at radius 1 is 1.00 bits per heavy atom. The molecule has 0 spiro atoms. The smallest absolute Gasteiger partial charge is 0.335 e. The van der Waals surface area contributed by atoms with Crippen molar-refractivity contribution in [2.75, 3.05) is 0 Å². The molecule has 4 rings (SSSR count). The van der Waals surface area contributed by atoms with Crippen molar-refractivity contribution in [2.24, 2.45) is 0 Å². The summed E-state index contributed by atoms with van der Waals surface area (Å²) >= 11 is 0. The van der Waals surface area contributed by atoms with Crippen LogP contribution >= 0.6 is 0 Å². The molecule has 2 aliphatic rings. The molecule has 0 unspecified atom stereocenters. The predicted octanol–water partition coefficient (Wildman–Crippen LogP) is 0.0753. The minimum atomic E-state index is -1.88. The van der Waals surface area contributed by atoms with Gasteiger partial charge >= 0.3 is 5.97 Å². The number of aliphatic hydroxyl groups excluding tert-OH is 3. The molecule has 2 heterocycles. The Bertz CT molecular complexity index is 1030. The van der Waals surface area contributed by atoms with Crippen molar-refractivity contribution < 1.29 is 54.4 Å². The Kier molecular flexibility index (Phi) is 5.65. The van der Waals surface area contributed by atoms with Gasteiger partial charge in [-0.1, -0.05) is 12.1 Å². The zero-order valence-electron chi connectivity index (χ0n) is 16.4. The second-order valence-electron chi connectivity index (χ2n) is 7.49. The normalized spacial score (nSPS) is 29.7. The van der Waals surface area contributed by atoms with E-state index in [9.17, 15) is 35.1 Å². The molecular weight excluding hydrogens is 428 g/mol. The summed E-state index contributed by atoms with van der Waals surface area (Å²) in [5.74, 6) is -2.55. The van der Waals surface area contributed by atoms with Crippen LogP contribution < -0.4 is 9.47 Å². The number of ether oxygens (including phenoxy) is 3. The van der Waals surface area contributed by atoms with E-state index in [1.54, 1.807) is 12.1 Å². The van der Waals surface area contributed by atoms with Crippen LogP contribution in [0.4, 0.5) is 0 Å². The van der Waals surface area contributed by atoms with Crippen molar-refractivity contribution in [3.05, 3.63) is 47.5 Å². The number of carboxylic acids is 1. The number of phenolic OH excluding ortho intramolecular Hbond substituents is 2. The minimum Gasteiger partial charge on any atom is -0.508 e. The molecule has 170 valence electrons. The predicted molar refractivity (Wildman–Crippen MR) is 103 cm³/mol. The Labute approximate surface area is 180 Å². The maximum Gasteiger partial charge on any atom is 0.335 e. The van der Waals surface area contributed by atoms with E-state index in [-0.39, 0.29) is 29.2 Å². The second kappa shape index (κ2) is 8.28. The Hall–Kier alpha value is -3.38. The molecule has 0 saturated carbocycles. The highest BCUT2D eigenvalue weighted by Gasteiger charge is 2.48. The highest BCUT2D eigenvalue weighted by Crippen LogP contribution is 2.42. The molecular formula is C21H20O11. The number of aliphatic carboxylic acids is 1. The number of aromatic hydroxyl groups is 2. The van der Waals surface area contributed by atoms with Crippen LogP contribution in [0.25, 0.3) is 0 Å². The number of phenols is 2. The molecule has 0 amide bonds. The first-order valence-electron chi connectivity index (χ1n) is 9.60. The van der Waals surface area contributed by atoms with Gasteiger partial charge < -0.3 is 44.8 Å². The topological polar surface area (TPSA) is 183 Å². The third kappa shape index (κ3) is 3.94. The lowest BCUT2D eigenvalue weighted by atomic mass is 9.95. The van der Waals surface area contributed by atoms with E-state index < -0.39 is 54.3 Å². The molecule has 6 N–H and O–H groups in total. The number of carboxylic acid groups (broad SMARTS) is 1. The van der Waals surface area contributed by atoms with Crippen LogP contribution in [0.15, 0.2) is 36.4 Å². The van der Waals surface area contributed by atoms with Crippen LogP contribution in [0.1, 0.15) is 28.4 Å². The van der Waals surface area contributed by atoms with Gasteiger partial charge in [-0.05, 0) is 17.7 Å². The Morgan fingerprint density at radius 3 is 2.34 bits per heavy atom. The number of rotatable bonds is 4. The summed E-state index contributed by atoms with van der Waals surface area (Å²) in [5.41, 5.74) is 0.538. The van der Waals surface area contributed by atoms with E-state index in [0.717, 1.165) is 6.07 Å². The van der Waals surface area contributed by atoms with Crippen LogP contribution in [0.2, 0.25) is 0 Å². The van der Waals surface area contributed by atoms with E-state index in [0.29, 0.717) is 5.56 Å². The Morgan fingerprint density at radius 2 is 1.69 bits per heavy atom. The van der Waals surface area contributed by atoms with Gasteiger partial charge in [0.15, 0.2) is 11.9 Å². The summed E-state index contributed by atoms with van der Waals surface area (Å²) < 4.78 is 16.3. The number of Topliss-reactive ketones (excluding diaryl/α,β-unsaturated/α-hetero) is 1. The van der Waals surface area contributed by atoms with Crippen molar-refractivity contribution in [2.45, 2.75) is 43.2 Å². The summed E-state index contributed by atoms with van der Waals surface area (Å²) in [7, 11) is 0. The first kappa shape index (κ1) is 21.8. The van der Waals surface area contributed by atoms with Gasteiger partial charge in [0.2, 0.25) is 6.29 Å². The average molecular weight is 448 g/mol. The van der Waals surface area contributed by atoms with Crippen LogP contribution in [-0.4, -0.2) is 73.1 Å².